The molecular weight excluding hydrogens is 338 g/mol. The number of likely N-dealkylation sites (N-methyl/N-ethyl adjacent to an activating group) is 1. The maximum atomic E-state index is 12.3. The zero-order valence-electron chi connectivity index (χ0n) is 17.4. The normalized spacial score (nSPS) is 14.1. The molecule has 0 aromatic carbocycles. The van der Waals surface area contributed by atoms with Gasteiger partial charge < -0.3 is 14.3 Å². The molecule has 0 heterocycles. The molecule has 1 amide bonds. The van der Waals surface area contributed by atoms with Gasteiger partial charge in [0.15, 0.2) is 8.32 Å². The van der Waals surface area contributed by atoms with Crippen LogP contribution in [-0.4, -0.2) is 54.7 Å². The van der Waals surface area contributed by atoms with E-state index in [1.165, 1.54) is 7.05 Å². The van der Waals surface area contributed by atoms with Crippen LogP contribution < -0.4 is 0 Å². The van der Waals surface area contributed by atoms with Gasteiger partial charge in [0.05, 0.1) is 5.60 Å². The fourth-order valence-corrected chi connectivity index (χ4v) is 6.10. The Morgan fingerprint density at radius 3 is 1.80 bits per heavy atom. The van der Waals surface area contributed by atoms with Crippen molar-refractivity contribution in [1.29, 1.82) is 0 Å². The maximum absolute atomic E-state index is 12.3. The van der Waals surface area contributed by atoms with Gasteiger partial charge in [-0.25, -0.2) is 9.59 Å². The summed E-state index contributed by atoms with van der Waals surface area (Å²) in [6, 6.07) is 1.97. The number of hydrogen-bond donors (Lipinski definition) is 1. The number of aliphatic carboxylic acids is 1. The summed E-state index contributed by atoms with van der Waals surface area (Å²) in [6.45, 7) is 15.5. The van der Waals surface area contributed by atoms with E-state index in [0.717, 1.165) is 23.0 Å². The Labute approximate surface area is 154 Å². The predicted octanol–water partition coefficient (Wildman–Crippen LogP) is 4.50. The Morgan fingerprint density at radius 2 is 1.48 bits per heavy atom. The Morgan fingerprint density at radius 1 is 1.04 bits per heavy atom. The van der Waals surface area contributed by atoms with E-state index in [9.17, 15) is 14.7 Å². The van der Waals surface area contributed by atoms with Crippen molar-refractivity contribution in [2.75, 3.05) is 7.05 Å². The van der Waals surface area contributed by atoms with Gasteiger partial charge >= 0.3 is 12.1 Å². The van der Waals surface area contributed by atoms with Crippen LogP contribution in [0.15, 0.2) is 0 Å². The van der Waals surface area contributed by atoms with Crippen LogP contribution in [0.1, 0.15) is 61.8 Å². The molecule has 6 nitrogen and oxygen atoms in total. The highest BCUT2D eigenvalue weighted by molar-refractivity contribution is 6.73. The van der Waals surface area contributed by atoms with Crippen molar-refractivity contribution in [3.8, 4) is 0 Å². The first-order valence-corrected chi connectivity index (χ1v) is 11.6. The second-order valence-electron chi connectivity index (χ2n) is 8.25. The van der Waals surface area contributed by atoms with Gasteiger partial charge in [0.1, 0.15) is 11.6 Å². The molecule has 0 spiro atoms. The van der Waals surface area contributed by atoms with E-state index in [1.807, 2.05) is 13.8 Å². The van der Waals surface area contributed by atoms with Crippen LogP contribution in [0.4, 0.5) is 4.79 Å². The number of carbonyl (C=O) groups excluding carboxylic acids is 1. The van der Waals surface area contributed by atoms with Crippen molar-refractivity contribution in [2.24, 2.45) is 0 Å². The molecular formula is C18H37NO5Si. The summed E-state index contributed by atoms with van der Waals surface area (Å²) in [7, 11) is -0.417. The van der Waals surface area contributed by atoms with Crippen LogP contribution in [0.5, 0.6) is 0 Å². The second-order valence-corrected chi connectivity index (χ2v) is 12.9. The molecule has 0 aliphatic heterocycles. The summed E-state index contributed by atoms with van der Waals surface area (Å²) in [5.74, 6) is -1.05. The van der Waals surface area contributed by atoms with Gasteiger partial charge in [-0.2, -0.15) is 0 Å². The van der Waals surface area contributed by atoms with Gasteiger partial charge in [-0.1, -0.05) is 20.8 Å². The Bertz CT molecular complexity index is 447. The van der Waals surface area contributed by atoms with E-state index < -0.39 is 37.6 Å². The third-order valence-corrected chi connectivity index (χ3v) is 9.40. The second kappa shape index (κ2) is 9.03. The van der Waals surface area contributed by atoms with Crippen LogP contribution in [0.25, 0.3) is 0 Å². The molecule has 0 rings (SSSR count). The maximum Gasteiger partial charge on any atom is 0.410 e. The number of hydrogen-bond acceptors (Lipinski definition) is 4. The molecule has 0 saturated heterocycles. The summed E-state index contributed by atoms with van der Waals surface area (Å²) in [4.78, 5) is 25.2. The molecule has 1 atom stereocenters. The minimum absolute atomic E-state index is 0.215. The van der Waals surface area contributed by atoms with Crippen molar-refractivity contribution in [1.82, 2.24) is 4.90 Å². The molecule has 0 saturated carbocycles. The summed E-state index contributed by atoms with van der Waals surface area (Å²) in [6.07, 6.45) is -0.423. The van der Waals surface area contributed by atoms with Gasteiger partial charge in [0.2, 0.25) is 0 Å². The van der Waals surface area contributed by atoms with Crippen LogP contribution >= 0.6 is 0 Å². The molecule has 0 aromatic heterocycles. The fourth-order valence-electron chi connectivity index (χ4n) is 2.91. The van der Waals surface area contributed by atoms with Crippen LogP contribution in [0, 0.1) is 0 Å². The molecule has 25 heavy (non-hydrogen) atoms. The first-order chi connectivity index (χ1) is 11.2. The number of carboxylic acid groups (broad SMARTS) is 1. The number of nitrogens with zero attached hydrogens (tertiary/aromatic N) is 1. The van der Waals surface area contributed by atoms with E-state index in [1.54, 1.807) is 20.8 Å². The lowest BCUT2D eigenvalue weighted by molar-refractivity contribution is -0.144. The van der Waals surface area contributed by atoms with Gasteiger partial charge in [0.25, 0.3) is 0 Å². The SMILES string of the molecule is CC[Si](CC)(CC)OC(C)(C)CC(C(=O)O)N(C)C(=O)OC(C)(C)C. The highest BCUT2D eigenvalue weighted by Crippen LogP contribution is 2.31. The third-order valence-electron chi connectivity index (χ3n) is 4.54. The van der Waals surface area contributed by atoms with E-state index in [2.05, 4.69) is 20.8 Å². The lowest BCUT2D eigenvalue weighted by Gasteiger charge is -2.40. The zero-order chi connectivity index (χ0) is 20.1. The average molecular weight is 376 g/mol. The largest absolute Gasteiger partial charge is 0.480 e. The Balaban J connectivity index is 5.30. The minimum Gasteiger partial charge on any atom is -0.480 e. The third kappa shape index (κ3) is 7.77. The fraction of sp³-hybridized carbons (Fsp3) is 0.889. The summed E-state index contributed by atoms with van der Waals surface area (Å²) >= 11 is 0. The Kier molecular flexibility index (Phi) is 8.64. The lowest BCUT2D eigenvalue weighted by Crippen LogP contribution is -2.51. The highest BCUT2D eigenvalue weighted by Gasteiger charge is 2.40. The average Bonchev–Trinajstić information content (AvgIpc) is 2.48. The number of carbonyl (C=O) groups is 2. The standard InChI is InChI=1S/C18H37NO5Si/c1-10-25(11-2,12-3)24-18(7,8)13-14(15(20)21)19(9)16(22)23-17(4,5)6/h14H,10-13H2,1-9H3,(H,20,21). The van der Waals surface area contributed by atoms with Crippen molar-refractivity contribution in [2.45, 2.75) is 97.2 Å². The van der Waals surface area contributed by atoms with Gasteiger partial charge in [-0.05, 0) is 52.8 Å². The summed E-state index contributed by atoms with van der Waals surface area (Å²) in [5, 5.41) is 9.63. The topological polar surface area (TPSA) is 76.1 Å². The molecule has 0 fully saturated rings. The Hall–Kier alpha value is -1.08. The smallest absolute Gasteiger partial charge is 0.410 e. The first kappa shape index (κ1) is 23.9. The van der Waals surface area contributed by atoms with Gasteiger partial charge in [-0.15, -0.1) is 0 Å². The van der Waals surface area contributed by atoms with E-state index in [0.29, 0.717) is 0 Å². The van der Waals surface area contributed by atoms with Crippen LogP contribution in [0.3, 0.4) is 0 Å². The van der Waals surface area contributed by atoms with Crippen molar-refractivity contribution in [3.05, 3.63) is 0 Å². The van der Waals surface area contributed by atoms with Gasteiger partial charge in [-0.3, -0.25) is 4.90 Å². The van der Waals surface area contributed by atoms with Crippen LogP contribution in [0.2, 0.25) is 18.1 Å². The monoisotopic (exact) mass is 375 g/mol. The first-order valence-electron chi connectivity index (χ1n) is 9.11. The molecule has 1 unspecified atom stereocenters. The molecule has 0 aliphatic carbocycles. The van der Waals surface area contributed by atoms with Crippen molar-refractivity contribution < 1.29 is 23.9 Å². The molecule has 148 valence electrons. The molecule has 7 heteroatoms. The van der Waals surface area contributed by atoms with E-state index >= 15 is 0 Å². The minimum atomic E-state index is -1.88. The van der Waals surface area contributed by atoms with Gasteiger partial charge in [0, 0.05) is 13.5 Å². The summed E-state index contributed by atoms with van der Waals surface area (Å²) < 4.78 is 11.8. The van der Waals surface area contributed by atoms with Crippen molar-refractivity contribution in [3.63, 3.8) is 0 Å². The molecule has 1 N–H and O–H groups in total. The van der Waals surface area contributed by atoms with Crippen LogP contribution in [-0.2, 0) is 14.0 Å². The predicted molar refractivity (Wildman–Crippen MR) is 102 cm³/mol. The lowest BCUT2D eigenvalue weighted by atomic mass is 9.98. The quantitative estimate of drug-likeness (QED) is 0.601. The van der Waals surface area contributed by atoms with Crippen molar-refractivity contribution >= 4 is 20.4 Å². The number of ether oxygens (including phenoxy) is 1. The highest BCUT2D eigenvalue weighted by atomic mass is 28.4. The molecule has 0 radical (unpaired) electrons. The molecule has 0 bridgehead atoms. The molecule has 0 aliphatic rings. The summed E-state index contributed by atoms with van der Waals surface area (Å²) in [5.41, 5.74) is -1.30. The van der Waals surface area contributed by atoms with E-state index in [-0.39, 0.29) is 6.42 Å². The zero-order valence-corrected chi connectivity index (χ0v) is 18.4. The van der Waals surface area contributed by atoms with E-state index in [4.69, 9.17) is 9.16 Å². The number of carboxylic acids is 1. The number of rotatable bonds is 9. The molecule has 0 aromatic rings. The number of amides is 1.